The summed E-state index contributed by atoms with van der Waals surface area (Å²) in [6.45, 7) is 11.8. The highest BCUT2D eigenvalue weighted by Crippen LogP contribution is 2.82. The number of aliphatic hydroxyl groups excluding tert-OH is 1. The van der Waals surface area contributed by atoms with Gasteiger partial charge in [0.1, 0.15) is 29.3 Å². The number of furan rings is 1. The van der Waals surface area contributed by atoms with Gasteiger partial charge in [0.05, 0.1) is 24.7 Å². The molecule has 5 fully saturated rings. The minimum atomic E-state index is -1.39. The van der Waals surface area contributed by atoms with E-state index < -0.39 is 69.2 Å². The van der Waals surface area contributed by atoms with Gasteiger partial charge in [0, 0.05) is 28.2 Å². The molecule has 7 rings (SSSR count). The first kappa shape index (κ1) is 26.4. The van der Waals surface area contributed by atoms with Gasteiger partial charge in [-0.3, -0.25) is 9.59 Å². The van der Waals surface area contributed by atoms with Crippen molar-refractivity contribution < 1.29 is 42.9 Å². The van der Waals surface area contributed by atoms with Crippen LogP contribution in [0, 0.1) is 33.5 Å². The molecule has 3 saturated heterocycles. The summed E-state index contributed by atoms with van der Waals surface area (Å²) < 4.78 is 30.6. The second kappa shape index (κ2) is 7.66. The van der Waals surface area contributed by atoms with Crippen molar-refractivity contribution in [1.82, 2.24) is 0 Å². The Hall–Kier alpha value is -2.49. The smallest absolute Gasteiger partial charge is 0.339 e. The third-order valence-corrected chi connectivity index (χ3v) is 11.9. The SMILES string of the molecule is CC(C)CC(=O)O[C@@H]1[C@H](O)C23C(=O)C=C[C@@]2(COC3(C)C)[C@@H]2CC[C@@]3(C)[C@H](c4ccoc4)OC(=O)[C@H]4O[C@]43[C@]12C. The first-order chi connectivity index (χ1) is 18.7. The van der Waals surface area contributed by atoms with Gasteiger partial charge < -0.3 is 28.5 Å². The molecule has 1 N–H and O–H groups in total. The van der Waals surface area contributed by atoms with E-state index in [0.717, 1.165) is 5.56 Å². The first-order valence-electron chi connectivity index (χ1n) is 14.4. The van der Waals surface area contributed by atoms with Crippen molar-refractivity contribution in [2.24, 2.45) is 33.5 Å². The van der Waals surface area contributed by atoms with Gasteiger partial charge in [-0.25, -0.2) is 4.79 Å². The van der Waals surface area contributed by atoms with Crippen LogP contribution in [0.1, 0.15) is 72.5 Å². The van der Waals surface area contributed by atoms with Gasteiger partial charge in [-0.2, -0.15) is 0 Å². The van der Waals surface area contributed by atoms with Crippen LogP contribution < -0.4 is 0 Å². The molecule has 40 heavy (non-hydrogen) atoms. The van der Waals surface area contributed by atoms with Crippen molar-refractivity contribution in [1.29, 1.82) is 0 Å². The molecular weight excluding hydrogens is 516 g/mol. The fraction of sp³-hybridized carbons (Fsp3) is 0.710. The van der Waals surface area contributed by atoms with Crippen molar-refractivity contribution in [3.8, 4) is 0 Å². The predicted octanol–water partition coefficient (Wildman–Crippen LogP) is 3.69. The lowest BCUT2D eigenvalue weighted by Gasteiger charge is -2.69. The lowest BCUT2D eigenvalue weighted by molar-refractivity contribution is -0.288. The Morgan fingerprint density at radius 1 is 1.18 bits per heavy atom. The molecular formula is C31H38O9. The Morgan fingerprint density at radius 2 is 1.93 bits per heavy atom. The number of esters is 2. The number of epoxide rings is 1. The second-order valence-corrected chi connectivity index (χ2v) is 14.2. The van der Waals surface area contributed by atoms with Crippen molar-refractivity contribution >= 4 is 17.7 Å². The highest BCUT2D eigenvalue weighted by Gasteiger charge is 2.93. The van der Waals surface area contributed by atoms with Crippen LogP contribution >= 0.6 is 0 Å². The number of ketones is 1. The molecule has 3 aliphatic carbocycles. The fourth-order valence-corrected chi connectivity index (χ4v) is 10.4. The number of fused-ring (bicyclic) bond motifs is 1. The molecule has 1 aromatic rings. The zero-order chi connectivity index (χ0) is 28.7. The first-order valence-corrected chi connectivity index (χ1v) is 14.4. The van der Waals surface area contributed by atoms with Gasteiger partial charge in [0.25, 0.3) is 0 Å². The molecule has 0 bridgehead atoms. The second-order valence-electron chi connectivity index (χ2n) is 14.2. The number of cyclic esters (lactones) is 1. The molecule has 10 atom stereocenters. The molecule has 9 nitrogen and oxygen atoms in total. The summed E-state index contributed by atoms with van der Waals surface area (Å²) in [4.78, 5) is 40.8. The van der Waals surface area contributed by atoms with E-state index >= 15 is 0 Å². The highest BCUT2D eigenvalue weighted by molar-refractivity contribution is 6.01. The zero-order valence-electron chi connectivity index (χ0n) is 23.9. The average molecular weight is 555 g/mol. The number of carbonyl (C=O) groups is 3. The molecule has 0 amide bonds. The Kier molecular flexibility index (Phi) is 5.06. The van der Waals surface area contributed by atoms with E-state index in [0.29, 0.717) is 12.8 Å². The van der Waals surface area contributed by atoms with Gasteiger partial charge in [0.15, 0.2) is 11.9 Å². The van der Waals surface area contributed by atoms with E-state index in [9.17, 15) is 19.5 Å². The van der Waals surface area contributed by atoms with E-state index in [1.807, 2.05) is 40.7 Å². The number of rotatable bonds is 4. The standard InChI is InChI=1S/C31H38O9/c1-16(2)13-20(33)38-23-21(34)30-19(32)8-11-29(30,15-37-26(30,3)4)18-7-10-27(5)22(17-9-12-36-14-17)39-25(35)24-31(27,40-24)28(18,23)6/h8-9,11-12,14,16,18,21-24,34H,7,10,13,15H2,1-6H3/t18-,21+,22+,23-,24-,27+,28+,29-,30?,31-/m1/s1. The largest absolute Gasteiger partial charge is 0.472 e. The lowest BCUT2D eigenvalue weighted by Crippen LogP contribution is -2.79. The minimum absolute atomic E-state index is 0.0324. The fourth-order valence-electron chi connectivity index (χ4n) is 10.4. The summed E-state index contributed by atoms with van der Waals surface area (Å²) in [6, 6.07) is 1.79. The molecule has 0 aromatic carbocycles. The Balaban J connectivity index is 1.46. The van der Waals surface area contributed by atoms with E-state index in [1.54, 1.807) is 24.7 Å². The number of carbonyl (C=O) groups excluding carboxylic acids is 3. The molecule has 2 saturated carbocycles. The van der Waals surface area contributed by atoms with Crippen LogP contribution in [0.2, 0.25) is 0 Å². The van der Waals surface area contributed by atoms with Gasteiger partial charge in [-0.15, -0.1) is 0 Å². The van der Waals surface area contributed by atoms with Crippen LogP contribution in [0.5, 0.6) is 0 Å². The van der Waals surface area contributed by atoms with Crippen LogP contribution in [0.25, 0.3) is 0 Å². The monoisotopic (exact) mass is 554 g/mol. The van der Waals surface area contributed by atoms with Crippen LogP contribution in [-0.4, -0.2) is 58.9 Å². The van der Waals surface area contributed by atoms with Gasteiger partial charge >= 0.3 is 11.9 Å². The van der Waals surface area contributed by atoms with E-state index in [-0.39, 0.29) is 30.6 Å². The van der Waals surface area contributed by atoms with Crippen LogP contribution in [0.4, 0.5) is 0 Å². The normalized spacial score (nSPS) is 49.5. The summed E-state index contributed by atoms with van der Waals surface area (Å²) in [5.74, 6) is -1.41. The number of hydrogen-bond acceptors (Lipinski definition) is 9. The third-order valence-electron chi connectivity index (χ3n) is 11.9. The molecule has 216 valence electrons. The number of aliphatic hydroxyl groups is 1. The van der Waals surface area contributed by atoms with Crippen molar-refractivity contribution in [3.63, 3.8) is 0 Å². The molecule has 1 unspecified atom stereocenters. The van der Waals surface area contributed by atoms with E-state index in [1.165, 1.54) is 0 Å². The number of allylic oxidation sites excluding steroid dienone is 1. The summed E-state index contributed by atoms with van der Waals surface area (Å²) in [7, 11) is 0. The maximum Gasteiger partial charge on any atom is 0.339 e. The van der Waals surface area contributed by atoms with Crippen molar-refractivity contribution in [2.75, 3.05) is 6.61 Å². The summed E-state index contributed by atoms with van der Waals surface area (Å²) in [6.07, 6.45) is 3.98. The third kappa shape index (κ3) is 2.56. The average Bonchev–Trinajstić information content (AvgIpc) is 3.17. The summed E-state index contributed by atoms with van der Waals surface area (Å²) >= 11 is 0. The van der Waals surface area contributed by atoms with Gasteiger partial charge in [-0.1, -0.05) is 33.8 Å². The molecule has 9 heteroatoms. The molecule has 0 radical (unpaired) electrons. The molecule has 6 aliphatic rings. The Morgan fingerprint density at radius 3 is 2.60 bits per heavy atom. The minimum Gasteiger partial charge on any atom is -0.472 e. The Bertz CT molecular complexity index is 1330. The van der Waals surface area contributed by atoms with Crippen molar-refractivity contribution in [2.45, 2.75) is 96.4 Å². The van der Waals surface area contributed by atoms with E-state index in [4.69, 9.17) is 23.4 Å². The van der Waals surface area contributed by atoms with Crippen LogP contribution in [-0.2, 0) is 33.3 Å². The molecule has 1 aromatic heterocycles. The summed E-state index contributed by atoms with van der Waals surface area (Å²) in [5.41, 5.74) is -5.39. The maximum atomic E-state index is 13.9. The topological polar surface area (TPSA) is 125 Å². The predicted molar refractivity (Wildman–Crippen MR) is 138 cm³/mol. The highest BCUT2D eigenvalue weighted by atomic mass is 16.7. The quantitative estimate of drug-likeness (QED) is 0.438. The van der Waals surface area contributed by atoms with Gasteiger partial charge in [0.2, 0.25) is 0 Å². The maximum absolute atomic E-state index is 13.9. The number of hydrogen-bond donors (Lipinski definition) is 1. The summed E-state index contributed by atoms with van der Waals surface area (Å²) in [5, 5.41) is 12.5. The lowest BCUT2D eigenvalue weighted by atomic mass is 9.34. The molecule has 3 aliphatic heterocycles. The molecule has 4 heterocycles. The zero-order valence-corrected chi connectivity index (χ0v) is 23.9. The molecule has 1 spiro atoms. The number of ether oxygens (including phenoxy) is 4. The van der Waals surface area contributed by atoms with Crippen LogP contribution in [0.3, 0.4) is 0 Å². The van der Waals surface area contributed by atoms with Crippen molar-refractivity contribution in [3.05, 3.63) is 36.3 Å². The van der Waals surface area contributed by atoms with E-state index in [2.05, 4.69) is 6.92 Å². The van der Waals surface area contributed by atoms with Crippen LogP contribution in [0.15, 0.2) is 35.2 Å². The Labute approximate surface area is 233 Å². The van der Waals surface area contributed by atoms with Gasteiger partial charge in [-0.05, 0) is 50.7 Å².